The molecule has 1 aliphatic rings. The number of ether oxygens (including phenoxy) is 1. The maximum absolute atomic E-state index is 12.5. The third-order valence-electron chi connectivity index (χ3n) is 4.91. The maximum Gasteiger partial charge on any atom is 0.275 e. The lowest BCUT2D eigenvalue weighted by atomic mass is 9.88. The first kappa shape index (κ1) is 18.5. The number of aryl methyl sites for hydroxylation is 1. The first-order chi connectivity index (χ1) is 12.7. The van der Waals surface area contributed by atoms with Gasteiger partial charge in [-0.1, -0.05) is 24.3 Å². The minimum Gasteiger partial charge on any atom is -0.494 e. The van der Waals surface area contributed by atoms with Crippen LogP contribution in [-0.4, -0.2) is 26.1 Å². The molecule has 138 valence electrons. The van der Waals surface area contributed by atoms with Gasteiger partial charge in [-0.25, -0.2) is 0 Å². The monoisotopic (exact) mass is 353 g/mol. The molecule has 0 saturated carbocycles. The van der Waals surface area contributed by atoms with E-state index in [2.05, 4.69) is 48.8 Å². The summed E-state index contributed by atoms with van der Waals surface area (Å²) in [4.78, 5) is 13.7. The van der Waals surface area contributed by atoms with Crippen LogP contribution in [0.25, 0.3) is 0 Å². The van der Waals surface area contributed by atoms with Gasteiger partial charge in [-0.15, -0.1) is 0 Å². The van der Waals surface area contributed by atoms with Crippen molar-refractivity contribution < 1.29 is 14.4 Å². The average molecular weight is 353 g/mol. The second-order valence-corrected chi connectivity index (χ2v) is 7.10. The Morgan fingerprint density at radius 3 is 2.73 bits per heavy atom. The van der Waals surface area contributed by atoms with Gasteiger partial charge in [0.05, 0.1) is 19.7 Å². The van der Waals surface area contributed by atoms with E-state index in [1.165, 1.54) is 21.6 Å². The molecule has 4 nitrogen and oxygen atoms in total. The summed E-state index contributed by atoms with van der Waals surface area (Å²) in [5.41, 5.74) is 3.87. The van der Waals surface area contributed by atoms with Crippen LogP contribution in [-0.2, 0) is 17.8 Å². The highest BCUT2D eigenvalue weighted by Crippen LogP contribution is 2.29. The molecule has 2 atom stereocenters. The second kappa shape index (κ2) is 8.86. The van der Waals surface area contributed by atoms with Crippen molar-refractivity contribution in [2.75, 3.05) is 20.2 Å². The Kier molecular flexibility index (Phi) is 6.29. The summed E-state index contributed by atoms with van der Waals surface area (Å²) in [5, 5.41) is 3.24. The summed E-state index contributed by atoms with van der Waals surface area (Å²) >= 11 is 0. The fourth-order valence-electron chi connectivity index (χ4n) is 3.70. The topological polar surface area (TPSA) is 42.8 Å². The van der Waals surface area contributed by atoms with Crippen LogP contribution in [0.4, 0.5) is 0 Å². The van der Waals surface area contributed by atoms with Crippen molar-refractivity contribution in [3.05, 3.63) is 65.2 Å². The van der Waals surface area contributed by atoms with E-state index in [4.69, 9.17) is 4.74 Å². The largest absolute Gasteiger partial charge is 0.494 e. The Morgan fingerprint density at radius 2 is 1.96 bits per heavy atom. The van der Waals surface area contributed by atoms with Gasteiger partial charge >= 0.3 is 0 Å². The predicted octanol–water partition coefficient (Wildman–Crippen LogP) is 2.29. The van der Waals surface area contributed by atoms with E-state index in [1.807, 2.05) is 19.1 Å². The van der Waals surface area contributed by atoms with Crippen LogP contribution in [0.1, 0.15) is 42.5 Å². The quantitative estimate of drug-likeness (QED) is 0.802. The molecule has 1 unspecified atom stereocenters. The number of carbonyl (C=O) groups excluding carboxylic acids is 1. The van der Waals surface area contributed by atoms with E-state index >= 15 is 0 Å². The number of likely N-dealkylation sites (N-methyl/N-ethyl adjacent to an activating group) is 1. The number of quaternary nitrogens is 1. The third kappa shape index (κ3) is 4.85. The van der Waals surface area contributed by atoms with Gasteiger partial charge in [-0.2, -0.15) is 0 Å². The zero-order valence-electron chi connectivity index (χ0n) is 15.8. The van der Waals surface area contributed by atoms with Crippen molar-refractivity contribution in [2.24, 2.45) is 0 Å². The van der Waals surface area contributed by atoms with Crippen LogP contribution in [0.15, 0.2) is 48.5 Å². The fourth-order valence-corrected chi connectivity index (χ4v) is 3.70. The predicted molar refractivity (Wildman–Crippen MR) is 103 cm³/mol. The smallest absolute Gasteiger partial charge is 0.275 e. The molecule has 0 aliphatic heterocycles. The van der Waals surface area contributed by atoms with Gasteiger partial charge in [0.15, 0.2) is 6.54 Å². The van der Waals surface area contributed by atoms with Gasteiger partial charge < -0.3 is 15.0 Å². The molecule has 0 saturated heterocycles. The van der Waals surface area contributed by atoms with Gasteiger partial charge in [0, 0.05) is 5.56 Å². The van der Waals surface area contributed by atoms with Crippen molar-refractivity contribution in [2.45, 2.75) is 38.8 Å². The van der Waals surface area contributed by atoms with Crippen molar-refractivity contribution in [3.63, 3.8) is 0 Å². The molecule has 4 heteroatoms. The zero-order valence-corrected chi connectivity index (χ0v) is 15.8. The standard InChI is InChI=1S/C22H28N2O2/c1-3-26-19-13-11-17(12-14-19)15-24(2)16-22(25)23-21-10-6-8-18-7-4-5-9-20(18)21/h4-5,7,9,11-14,21H,3,6,8,10,15-16H2,1-2H3,(H,23,25)/p+1/t21-/m0/s1. The molecule has 1 aliphatic carbocycles. The summed E-state index contributed by atoms with van der Waals surface area (Å²) < 4.78 is 5.47. The van der Waals surface area contributed by atoms with Gasteiger partial charge in [0.1, 0.15) is 12.3 Å². The minimum atomic E-state index is 0.120. The highest BCUT2D eigenvalue weighted by Gasteiger charge is 2.22. The molecule has 0 bridgehead atoms. The van der Waals surface area contributed by atoms with E-state index in [1.54, 1.807) is 0 Å². The van der Waals surface area contributed by atoms with Gasteiger partial charge in [-0.3, -0.25) is 4.79 Å². The van der Waals surface area contributed by atoms with E-state index < -0.39 is 0 Å². The number of hydrogen-bond acceptors (Lipinski definition) is 2. The fraction of sp³-hybridized carbons (Fsp3) is 0.409. The van der Waals surface area contributed by atoms with Crippen LogP contribution in [0.5, 0.6) is 5.75 Å². The van der Waals surface area contributed by atoms with Crippen LogP contribution in [0.2, 0.25) is 0 Å². The van der Waals surface area contributed by atoms with E-state index in [0.717, 1.165) is 31.6 Å². The number of rotatable bonds is 7. The molecule has 2 N–H and O–H groups in total. The highest BCUT2D eigenvalue weighted by atomic mass is 16.5. The molecule has 0 radical (unpaired) electrons. The molecule has 0 heterocycles. The third-order valence-corrected chi connectivity index (χ3v) is 4.91. The van der Waals surface area contributed by atoms with Gasteiger partial charge in [0.25, 0.3) is 5.91 Å². The maximum atomic E-state index is 12.5. The molecule has 2 aromatic carbocycles. The number of hydrogen-bond donors (Lipinski definition) is 2. The minimum absolute atomic E-state index is 0.120. The molecule has 0 fully saturated rings. The number of carbonyl (C=O) groups is 1. The van der Waals surface area contributed by atoms with Gasteiger partial charge in [-0.05, 0) is 61.6 Å². The molecule has 26 heavy (non-hydrogen) atoms. The summed E-state index contributed by atoms with van der Waals surface area (Å²) in [5.74, 6) is 1.01. The first-order valence-electron chi connectivity index (χ1n) is 9.56. The molecule has 0 spiro atoms. The van der Waals surface area contributed by atoms with E-state index in [9.17, 15) is 4.79 Å². The van der Waals surface area contributed by atoms with E-state index in [-0.39, 0.29) is 11.9 Å². The van der Waals surface area contributed by atoms with E-state index in [0.29, 0.717) is 13.2 Å². The van der Waals surface area contributed by atoms with Crippen LogP contribution < -0.4 is 15.0 Å². The van der Waals surface area contributed by atoms with Crippen molar-refractivity contribution in [3.8, 4) is 5.75 Å². The van der Waals surface area contributed by atoms with Crippen molar-refractivity contribution in [1.82, 2.24) is 5.32 Å². The summed E-state index contributed by atoms with van der Waals surface area (Å²) in [6, 6.07) is 16.8. The Hall–Kier alpha value is -2.33. The lowest BCUT2D eigenvalue weighted by molar-refractivity contribution is -0.885. The van der Waals surface area contributed by atoms with Crippen LogP contribution in [0.3, 0.4) is 0 Å². The highest BCUT2D eigenvalue weighted by molar-refractivity contribution is 5.77. The SMILES string of the molecule is CCOc1ccc(C[NH+](C)CC(=O)N[C@H]2CCCc3ccccc32)cc1. The number of nitrogens with one attached hydrogen (secondary N) is 2. The Balaban J connectivity index is 1.52. The first-order valence-corrected chi connectivity index (χ1v) is 9.56. The average Bonchev–Trinajstić information content (AvgIpc) is 2.64. The Bertz CT molecular complexity index is 727. The number of amides is 1. The second-order valence-electron chi connectivity index (χ2n) is 7.10. The zero-order chi connectivity index (χ0) is 18.4. The number of fused-ring (bicyclic) bond motifs is 1. The Labute approximate surface area is 156 Å². The molecule has 0 aromatic heterocycles. The van der Waals surface area contributed by atoms with Crippen LogP contribution in [0, 0.1) is 0 Å². The van der Waals surface area contributed by atoms with Crippen molar-refractivity contribution >= 4 is 5.91 Å². The summed E-state index contributed by atoms with van der Waals surface area (Å²) in [6.45, 7) is 3.96. The molecule has 1 amide bonds. The lowest BCUT2D eigenvalue weighted by Gasteiger charge is -2.26. The normalized spacial score (nSPS) is 17.2. The van der Waals surface area contributed by atoms with Crippen molar-refractivity contribution in [1.29, 1.82) is 0 Å². The van der Waals surface area contributed by atoms with Gasteiger partial charge in [0.2, 0.25) is 0 Å². The molecular weight excluding hydrogens is 324 g/mol. The summed E-state index contributed by atoms with van der Waals surface area (Å²) in [6.07, 6.45) is 3.28. The molecule has 2 aromatic rings. The van der Waals surface area contributed by atoms with Crippen LogP contribution >= 0.6 is 0 Å². The molecule has 3 rings (SSSR count). The number of benzene rings is 2. The molecular formula is C22H29N2O2+. The summed E-state index contributed by atoms with van der Waals surface area (Å²) in [7, 11) is 2.06. The Morgan fingerprint density at radius 1 is 1.19 bits per heavy atom. The lowest BCUT2D eigenvalue weighted by Crippen LogP contribution is -3.08.